The second-order valence-electron chi connectivity index (χ2n) is 7.70. The Labute approximate surface area is 149 Å². The second kappa shape index (κ2) is 12.5. The van der Waals surface area contributed by atoms with Crippen LogP contribution in [0.5, 0.6) is 0 Å². The quantitative estimate of drug-likeness (QED) is 0.422. The highest BCUT2D eigenvalue weighted by molar-refractivity contribution is 5.79. The molecule has 0 aromatic carbocycles. The molecule has 0 aromatic rings. The van der Waals surface area contributed by atoms with Crippen LogP contribution >= 0.6 is 0 Å². The fourth-order valence-corrected chi connectivity index (χ4v) is 3.52. The normalized spacial score (nSPS) is 21.1. The molecular weight excluding hydrogens is 300 g/mol. The fourth-order valence-electron chi connectivity index (χ4n) is 3.52. The number of rotatable bonds is 10. The molecule has 2 atom stereocenters. The van der Waals surface area contributed by atoms with E-state index in [1.165, 1.54) is 25.9 Å². The number of likely N-dealkylation sites (tertiary alicyclic amines) is 1. The van der Waals surface area contributed by atoms with Gasteiger partial charge in [-0.1, -0.05) is 20.8 Å². The van der Waals surface area contributed by atoms with Crippen molar-refractivity contribution in [1.82, 2.24) is 15.5 Å². The van der Waals surface area contributed by atoms with E-state index in [0.29, 0.717) is 11.8 Å². The molecule has 142 valence electrons. The summed E-state index contributed by atoms with van der Waals surface area (Å²) in [6.07, 6.45) is 4.66. The maximum Gasteiger partial charge on any atom is 0.191 e. The predicted molar refractivity (Wildman–Crippen MR) is 103 cm³/mol. The van der Waals surface area contributed by atoms with E-state index < -0.39 is 0 Å². The van der Waals surface area contributed by atoms with Gasteiger partial charge in [0.1, 0.15) is 0 Å². The van der Waals surface area contributed by atoms with Gasteiger partial charge in [0, 0.05) is 39.3 Å². The molecule has 3 N–H and O–H groups in total. The molecule has 1 heterocycles. The van der Waals surface area contributed by atoms with E-state index in [-0.39, 0.29) is 6.61 Å². The Balaban J connectivity index is 2.40. The molecule has 1 saturated heterocycles. The number of nitrogens with one attached hydrogen (secondary N) is 2. The summed E-state index contributed by atoms with van der Waals surface area (Å²) < 4.78 is 0. The van der Waals surface area contributed by atoms with E-state index in [1.807, 2.05) is 0 Å². The van der Waals surface area contributed by atoms with Gasteiger partial charge in [-0.2, -0.15) is 0 Å². The lowest BCUT2D eigenvalue weighted by molar-refractivity contribution is 0.187. The maximum absolute atomic E-state index is 9.24. The lowest BCUT2D eigenvalue weighted by Crippen LogP contribution is -2.44. The van der Waals surface area contributed by atoms with E-state index in [0.717, 1.165) is 50.9 Å². The SMILES string of the molecule is CCNC(=NCC(CCO)CC(C)C)NCCN1CCCC(C)C1. The molecule has 1 aliphatic heterocycles. The van der Waals surface area contributed by atoms with Crippen LogP contribution in [0.2, 0.25) is 0 Å². The van der Waals surface area contributed by atoms with Gasteiger partial charge < -0.3 is 20.6 Å². The Morgan fingerprint density at radius 1 is 1.33 bits per heavy atom. The van der Waals surface area contributed by atoms with E-state index in [9.17, 15) is 5.11 Å². The number of aliphatic hydroxyl groups excluding tert-OH is 1. The first-order valence-corrected chi connectivity index (χ1v) is 9.90. The highest BCUT2D eigenvalue weighted by atomic mass is 16.3. The second-order valence-corrected chi connectivity index (χ2v) is 7.70. The topological polar surface area (TPSA) is 59.9 Å². The molecule has 0 aromatic heterocycles. The van der Waals surface area contributed by atoms with Gasteiger partial charge in [0.25, 0.3) is 0 Å². The van der Waals surface area contributed by atoms with Crippen LogP contribution in [0.4, 0.5) is 0 Å². The largest absolute Gasteiger partial charge is 0.396 e. The molecular formula is C19H40N4O. The van der Waals surface area contributed by atoms with Crippen molar-refractivity contribution in [3.8, 4) is 0 Å². The number of nitrogens with zero attached hydrogens (tertiary/aromatic N) is 2. The zero-order valence-electron chi connectivity index (χ0n) is 16.4. The molecule has 24 heavy (non-hydrogen) atoms. The summed E-state index contributed by atoms with van der Waals surface area (Å²) in [7, 11) is 0. The summed E-state index contributed by atoms with van der Waals surface area (Å²) in [6, 6.07) is 0. The van der Waals surface area contributed by atoms with Gasteiger partial charge in [-0.3, -0.25) is 4.99 Å². The summed E-state index contributed by atoms with van der Waals surface area (Å²) in [5.41, 5.74) is 0. The average Bonchev–Trinajstić information content (AvgIpc) is 2.52. The molecule has 0 aliphatic carbocycles. The molecule has 5 nitrogen and oxygen atoms in total. The van der Waals surface area contributed by atoms with Crippen molar-refractivity contribution < 1.29 is 5.11 Å². The van der Waals surface area contributed by atoms with Gasteiger partial charge in [0.2, 0.25) is 0 Å². The summed E-state index contributed by atoms with van der Waals surface area (Å²) in [4.78, 5) is 7.30. The zero-order valence-corrected chi connectivity index (χ0v) is 16.4. The van der Waals surface area contributed by atoms with Crippen LogP contribution in [0.15, 0.2) is 4.99 Å². The van der Waals surface area contributed by atoms with Gasteiger partial charge in [-0.15, -0.1) is 0 Å². The van der Waals surface area contributed by atoms with E-state index in [4.69, 9.17) is 4.99 Å². The lowest BCUT2D eigenvalue weighted by Gasteiger charge is -2.30. The number of aliphatic hydroxyl groups is 1. The zero-order chi connectivity index (χ0) is 17.8. The van der Waals surface area contributed by atoms with Crippen LogP contribution in [-0.2, 0) is 0 Å². The first-order valence-electron chi connectivity index (χ1n) is 9.90. The Morgan fingerprint density at radius 2 is 2.12 bits per heavy atom. The third-order valence-electron chi connectivity index (χ3n) is 4.66. The number of aliphatic imine (C=N–C) groups is 1. The van der Waals surface area contributed by atoms with Gasteiger partial charge in [0.05, 0.1) is 0 Å². The van der Waals surface area contributed by atoms with Gasteiger partial charge in [-0.05, 0) is 56.9 Å². The summed E-state index contributed by atoms with van der Waals surface area (Å²) in [5, 5.41) is 16.0. The Morgan fingerprint density at radius 3 is 2.75 bits per heavy atom. The molecule has 1 fully saturated rings. The highest BCUT2D eigenvalue weighted by Gasteiger charge is 2.15. The van der Waals surface area contributed by atoms with Crippen molar-refractivity contribution in [2.75, 3.05) is 45.9 Å². The lowest BCUT2D eigenvalue weighted by atomic mass is 9.94. The minimum atomic E-state index is 0.254. The molecule has 1 aliphatic rings. The van der Waals surface area contributed by atoms with E-state index in [2.05, 4.69) is 43.2 Å². The third kappa shape index (κ3) is 9.48. The van der Waals surface area contributed by atoms with Crippen LogP contribution < -0.4 is 10.6 Å². The minimum Gasteiger partial charge on any atom is -0.396 e. The fraction of sp³-hybridized carbons (Fsp3) is 0.947. The number of hydrogen-bond donors (Lipinski definition) is 3. The van der Waals surface area contributed by atoms with Crippen LogP contribution in [0.1, 0.15) is 53.4 Å². The number of piperidine rings is 1. The van der Waals surface area contributed by atoms with Crippen molar-refractivity contribution in [3.63, 3.8) is 0 Å². The van der Waals surface area contributed by atoms with Crippen molar-refractivity contribution in [2.24, 2.45) is 22.7 Å². The molecule has 0 spiro atoms. The maximum atomic E-state index is 9.24. The number of hydrogen-bond acceptors (Lipinski definition) is 3. The highest BCUT2D eigenvalue weighted by Crippen LogP contribution is 2.16. The number of guanidine groups is 1. The summed E-state index contributed by atoms with van der Waals surface area (Å²) >= 11 is 0. The predicted octanol–water partition coefficient (Wildman–Crippen LogP) is 2.32. The van der Waals surface area contributed by atoms with Crippen LogP contribution in [0, 0.1) is 17.8 Å². The molecule has 0 amide bonds. The summed E-state index contributed by atoms with van der Waals surface area (Å²) in [5.74, 6) is 2.85. The Bertz CT molecular complexity index is 346. The van der Waals surface area contributed by atoms with Crippen molar-refractivity contribution in [3.05, 3.63) is 0 Å². The van der Waals surface area contributed by atoms with E-state index in [1.54, 1.807) is 0 Å². The third-order valence-corrected chi connectivity index (χ3v) is 4.66. The van der Waals surface area contributed by atoms with Crippen LogP contribution in [0.3, 0.4) is 0 Å². The standard InChI is InChI=1S/C19H40N4O/c1-5-20-19(22-14-18(8-12-24)13-16(2)3)21-9-11-23-10-6-7-17(4)15-23/h16-18,24H,5-15H2,1-4H3,(H2,20,21,22). The first kappa shape index (κ1) is 21.2. The first-order chi connectivity index (χ1) is 11.5. The smallest absolute Gasteiger partial charge is 0.191 e. The average molecular weight is 341 g/mol. The molecule has 5 heteroatoms. The van der Waals surface area contributed by atoms with Gasteiger partial charge in [-0.25, -0.2) is 0 Å². The monoisotopic (exact) mass is 340 g/mol. The molecule has 0 bridgehead atoms. The molecule has 0 radical (unpaired) electrons. The molecule has 1 rings (SSSR count). The van der Waals surface area contributed by atoms with Gasteiger partial charge in [0.15, 0.2) is 5.96 Å². The van der Waals surface area contributed by atoms with Crippen LogP contribution in [-0.4, -0.2) is 61.8 Å². The van der Waals surface area contributed by atoms with Crippen LogP contribution in [0.25, 0.3) is 0 Å². The van der Waals surface area contributed by atoms with E-state index >= 15 is 0 Å². The van der Waals surface area contributed by atoms with Crippen molar-refractivity contribution >= 4 is 5.96 Å². The van der Waals surface area contributed by atoms with Crippen molar-refractivity contribution in [1.29, 1.82) is 0 Å². The molecule has 0 saturated carbocycles. The van der Waals surface area contributed by atoms with Gasteiger partial charge >= 0.3 is 0 Å². The Kier molecular flexibility index (Phi) is 11.1. The van der Waals surface area contributed by atoms with Crippen molar-refractivity contribution in [2.45, 2.75) is 53.4 Å². The Hall–Kier alpha value is -0.810. The minimum absolute atomic E-state index is 0.254. The molecule has 2 unspecified atom stereocenters. The summed E-state index contributed by atoms with van der Waals surface area (Å²) in [6.45, 7) is 15.3.